The van der Waals surface area contributed by atoms with Crippen LogP contribution in [0.1, 0.15) is 38.8 Å². The molecule has 0 aliphatic carbocycles. The van der Waals surface area contributed by atoms with Crippen LogP contribution in [-0.2, 0) is 41.6 Å². The predicted molar refractivity (Wildman–Crippen MR) is 130 cm³/mol. The van der Waals surface area contributed by atoms with E-state index in [1.807, 2.05) is 0 Å². The van der Waals surface area contributed by atoms with Crippen molar-refractivity contribution in [3.05, 3.63) is 46.7 Å². The van der Waals surface area contributed by atoms with Crippen LogP contribution in [0.15, 0.2) is 35.5 Å². The number of carboxylic acid groups (broad SMARTS) is 1. The van der Waals surface area contributed by atoms with Crippen molar-refractivity contribution >= 4 is 41.6 Å². The Hall–Kier alpha value is -3.54. The lowest BCUT2D eigenvalue weighted by Crippen LogP contribution is -2.70. The van der Waals surface area contributed by atoms with Crippen LogP contribution in [0, 0.1) is 0 Å². The van der Waals surface area contributed by atoms with Crippen LogP contribution in [0.4, 0.5) is 4.79 Å². The highest BCUT2D eigenvalue weighted by Crippen LogP contribution is 2.40. The van der Waals surface area contributed by atoms with Crippen molar-refractivity contribution in [3.8, 4) is 0 Å². The number of ether oxygens (including phenoxy) is 2. The maximum atomic E-state index is 12.7. The normalized spacial score (nSPS) is 19.1. The van der Waals surface area contributed by atoms with E-state index in [-0.39, 0.29) is 36.9 Å². The fourth-order valence-corrected chi connectivity index (χ4v) is 4.98. The van der Waals surface area contributed by atoms with Gasteiger partial charge in [-0.15, -0.1) is 11.8 Å². The van der Waals surface area contributed by atoms with Crippen LogP contribution < -0.4 is 10.6 Å². The number of esters is 1. The first kappa shape index (κ1) is 27.1. The molecule has 2 heterocycles. The number of aliphatic carboxylic acids is 1. The number of carboxylic acids is 1. The molecule has 0 saturated carbocycles. The topological polar surface area (TPSA) is 151 Å². The first-order valence-corrected chi connectivity index (χ1v) is 12.3. The van der Waals surface area contributed by atoms with Crippen LogP contribution in [0.25, 0.3) is 0 Å². The van der Waals surface area contributed by atoms with Crippen molar-refractivity contribution in [2.45, 2.75) is 57.7 Å². The number of fused-ring (bicyclic) bond motifs is 1. The SMILES string of the molecule is CC(=O)OCC1=C(C(=O)O)N2C(=O)[C@@H](NC(=O)Cc3ccc(CNC(=O)OC(C)(C)C)cc3)[C@H]2SC1. The van der Waals surface area contributed by atoms with E-state index in [0.29, 0.717) is 11.1 Å². The Balaban J connectivity index is 1.53. The molecular weight excluding hydrogens is 490 g/mol. The molecule has 0 unspecified atom stereocenters. The van der Waals surface area contributed by atoms with E-state index in [1.165, 1.54) is 18.7 Å². The molecule has 0 aromatic heterocycles. The number of nitrogens with one attached hydrogen (secondary N) is 2. The van der Waals surface area contributed by atoms with Gasteiger partial charge in [0.1, 0.15) is 29.3 Å². The Morgan fingerprint density at radius 2 is 1.78 bits per heavy atom. The average Bonchev–Trinajstić information content (AvgIpc) is 2.78. The van der Waals surface area contributed by atoms with Crippen molar-refractivity contribution in [2.75, 3.05) is 12.4 Å². The van der Waals surface area contributed by atoms with Crippen molar-refractivity contribution in [1.29, 1.82) is 0 Å². The van der Waals surface area contributed by atoms with Crippen LogP contribution in [0.2, 0.25) is 0 Å². The van der Waals surface area contributed by atoms with Crippen molar-refractivity contribution in [2.24, 2.45) is 0 Å². The van der Waals surface area contributed by atoms with Crippen LogP contribution in [0.3, 0.4) is 0 Å². The molecule has 3 rings (SSSR count). The fraction of sp³-hybridized carbons (Fsp3) is 0.458. The lowest BCUT2D eigenvalue weighted by atomic mass is 10.0. The molecule has 3 N–H and O–H groups in total. The zero-order valence-electron chi connectivity index (χ0n) is 20.5. The molecule has 3 amide bonds. The molecule has 0 radical (unpaired) electrons. The summed E-state index contributed by atoms with van der Waals surface area (Å²) in [5.41, 5.74) is 1.08. The number of carbonyl (C=O) groups excluding carboxylic acids is 4. The molecule has 1 aromatic rings. The summed E-state index contributed by atoms with van der Waals surface area (Å²) in [4.78, 5) is 61.0. The van der Waals surface area contributed by atoms with E-state index in [1.54, 1.807) is 45.0 Å². The van der Waals surface area contributed by atoms with E-state index in [0.717, 1.165) is 10.5 Å². The molecule has 0 bridgehead atoms. The average molecular weight is 520 g/mol. The number of thioether (sulfide) groups is 1. The Bertz CT molecular complexity index is 1090. The molecule has 194 valence electrons. The zero-order chi connectivity index (χ0) is 26.6. The van der Waals surface area contributed by atoms with Gasteiger partial charge in [0.25, 0.3) is 5.91 Å². The second-order valence-electron chi connectivity index (χ2n) is 9.34. The highest BCUT2D eigenvalue weighted by atomic mass is 32.2. The number of benzene rings is 1. The van der Waals surface area contributed by atoms with Gasteiger partial charge in [0.2, 0.25) is 5.91 Å². The van der Waals surface area contributed by atoms with Gasteiger partial charge in [-0.1, -0.05) is 24.3 Å². The van der Waals surface area contributed by atoms with Gasteiger partial charge in [-0.25, -0.2) is 9.59 Å². The minimum absolute atomic E-state index is 0.0280. The first-order valence-electron chi connectivity index (χ1n) is 11.2. The lowest BCUT2D eigenvalue weighted by Gasteiger charge is -2.49. The molecule has 1 saturated heterocycles. The monoisotopic (exact) mass is 519 g/mol. The Morgan fingerprint density at radius 1 is 1.14 bits per heavy atom. The Morgan fingerprint density at radius 3 is 2.36 bits per heavy atom. The van der Waals surface area contributed by atoms with Crippen LogP contribution in [-0.4, -0.2) is 69.2 Å². The molecule has 12 heteroatoms. The third kappa shape index (κ3) is 6.78. The summed E-state index contributed by atoms with van der Waals surface area (Å²) in [5.74, 6) is -2.48. The minimum atomic E-state index is -1.29. The van der Waals surface area contributed by atoms with E-state index < -0.39 is 41.0 Å². The van der Waals surface area contributed by atoms with E-state index in [4.69, 9.17) is 9.47 Å². The van der Waals surface area contributed by atoms with Crippen molar-refractivity contribution in [1.82, 2.24) is 15.5 Å². The molecule has 0 spiro atoms. The molecule has 2 atom stereocenters. The summed E-state index contributed by atoms with van der Waals surface area (Å²) in [7, 11) is 0. The zero-order valence-corrected chi connectivity index (χ0v) is 21.3. The standard InChI is InChI=1S/C24H29N3O8S/c1-13(28)34-11-16-12-36-21-18(20(30)27(21)19(16)22(31)32)26-17(29)9-14-5-7-15(8-6-14)10-25-23(33)35-24(2,3)4/h5-8,18,21H,9-12H2,1-4H3,(H,25,33)(H,26,29)(H,31,32)/t18-,21-/m1/s1. The predicted octanol–water partition coefficient (Wildman–Crippen LogP) is 1.56. The van der Waals surface area contributed by atoms with Crippen LogP contribution >= 0.6 is 11.8 Å². The number of nitrogens with zero attached hydrogens (tertiary/aromatic N) is 1. The van der Waals surface area contributed by atoms with Gasteiger partial charge in [-0.3, -0.25) is 19.3 Å². The van der Waals surface area contributed by atoms with E-state index >= 15 is 0 Å². The van der Waals surface area contributed by atoms with Crippen molar-refractivity contribution in [3.63, 3.8) is 0 Å². The van der Waals surface area contributed by atoms with E-state index in [2.05, 4.69) is 10.6 Å². The number of alkyl carbamates (subject to hydrolysis) is 1. The van der Waals surface area contributed by atoms with Gasteiger partial charge < -0.3 is 25.2 Å². The largest absolute Gasteiger partial charge is 0.477 e. The lowest BCUT2D eigenvalue weighted by molar-refractivity contribution is -0.151. The summed E-state index contributed by atoms with van der Waals surface area (Å²) in [6.45, 7) is 6.61. The summed E-state index contributed by atoms with van der Waals surface area (Å²) in [6.07, 6.45) is -0.495. The third-order valence-corrected chi connectivity index (χ3v) is 6.58. The van der Waals surface area contributed by atoms with Gasteiger partial charge in [-0.2, -0.15) is 0 Å². The summed E-state index contributed by atoms with van der Waals surface area (Å²) in [5, 5.41) is 14.4. The number of rotatable bonds is 8. The quantitative estimate of drug-likeness (QED) is 0.343. The van der Waals surface area contributed by atoms with Gasteiger partial charge >= 0.3 is 18.0 Å². The maximum absolute atomic E-state index is 12.7. The third-order valence-electron chi connectivity index (χ3n) is 5.24. The Labute approximate surface area is 212 Å². The molecule has 36 heavy (non-hydrogen) atoms. The van der Waals surface area contributed by atoms with Gasteiger partial charge in [0.05, 0.1) is 6.42 Å². The molecule has 2 aliphatic heterocycles. The number of carbonyl (C=O) groups is 5. The smallest absolute Gasteiger partial charge is 0.407 e. The summed E-state index contributed by atoms with van der Waals surface area (Å²) < 4.78 is 10.1. The van der Waals surface area contributed by atoms with Gasteiger partial charge in [-0.05, 0) is 31.9 Å². The molecular formula is C24H29N3O8S. The van der Waals surface area contributed by atoms with E-state index in [9.17, 15) is 29.1 Å². The van der Waals surface area contributed by atoms with Gasteiger partial charge in [0, 0.05) is 24.8 Å². The number of amides is 3. The maximum Gasteiger partial charge on any atom is 0.407 e. The highest BCUT2D eigenvalue weighted by Gasteiger charge is 2.54. The van der Waals surface area contributed by atoms with Crippen LogP contribution in [0.5, 0.6) is 0 Å². The summed E-state index contributed by atoms with van der Waals surface area (Å²) >= 11 is 1.30. The number of β-lactam (4-membered cyclic amide) rings is 1. The first-order chi connectivity index (χ1) is 16.9. The highest BCUT2D eigenvalue weighted by molar-refractivity contribution is 8.00. The van der Waals surface area contributed by atoms with Gasteiger partial charge in [0.15, 0.2) is 0 Å². The molecule has 2 aliphatic rings. The second-order valence-corrected chi connectivity index (χ2v) is 10.4. The molecule has 1 aromatic carbocycles. The number of hydrogen-bond acceptors (Lipinski definition) is 8. The fourth-order valence-electron chi connectivity index (χ4n) is 3.66. The van der Waals surface area contributed by atoms with Crippen molar-refractivity contribution < 1.29 is 38.6 Å². The molecule has 11 nitrogen and oxygen atoms in total. The number of hydrogen-bond donors (Lipinski definition) is 3. The summed E-state index contributed by atoms with van der Waals surface area (Å²) in [6, 6.07) is 6.22. The Kier molecular flexibility index (Phi) is 8.28. The minimum Gasteiger partial charge on any atom is -0.477 e. The molecule has 1 fully saturated rings. The second kappa shape index (κ2) is 11.0.